The standard InChI is InChI=1S/C21H32O3/c1-12(22)16-6-7-17-15-5-4-13-10-14(23)8-9-20(13,2)19(15)18(24)11-21(16,17)3/h4-5,12,14,16-19,22-24H,6-11H2,1-3H3/t12-,14-,16+,17-,18-,19+,20-,21+/m0/s1. The first-order valence-electron chi connectivity index (χ1n) is 9.72. The third-order valence-electron chi connectivity index (χ3n) is 8.14. The number of hydrogen-bond donors (Lipinski definition) is 3. The van der Waals surface area contributed by atoms with Crippen molar-refractivity contribution in [1.29, 1.82) is 0 Å². The van der Waals surface area contributed by atoms with Gasteiger partial charge in [0.2, 0.25) is 0 Å². The predicted octanol–water partition coefficient (Wildman–Crippen LogP) is 3.20. The molecule has 3 fully saturated rings. The van der Waals surface area contributed by atoms with E-state index in [0.29, 0.717) is 5.92 Å². The molecule has 0 aromatic heterocycles. The van der Waals surface area contributed by atoms with E-state index in [1.54, 1.807) is 0 Å². The number of rotatable bonds is 1. The third kappa shape index (κ3) is 2.14. The summed E-state index contributed by atoms with van der Waals surface area (Å²) >= 11 is 0. The highest BCUT2D eigenvalue weighted by atomic mass is 16.3. The summed E-state index contributed by atoms with van der Waals surface area (Å²) in [6.45, 7) is 6.50. The Balaban J connectivity index is 1.76. The second kappa shape index (κ2) is 5.43. The Hall–Kier alpha value is -0.640. The number of aliphatic hydroxyl groups excluding tert-OH is 3. The molecule has 0 aromatic carbocycles. The summed E-state index contributed by atoms with van der Waals surface area (Å²) in [6, 6.07) is 0. The van der Waals surface area contributed by atoms with Crippen LogP contribution in [0.15, 0.2) is 23.3 Å². The lowest BCUT2D eigenvalue weighted by molar-refractivity contribution is -0.0639. The van der Waals surface area contributed by atoms with Crippen molar-refractivity contribution in [3.8, 4) is 0 Å². The summed E-state index contributed by atoms with van der Waals surface area (Å²) in [5.41, 5.74) is 2.74. The van der Waals surface area contributed by atoms with E-state index in [9.17, 15) is 15.3 Å². The lowest BCUT2D eigenvalue weighted by Crippen LogP contribution is -2.53. The zero-order chi connectivity index (χ0) is 17.3. The molecular formula is C21H32O3. The number of fused-ring (bicyclic) bond motifs is 5. The second-order valence-electron chi connectivity index (χ2n) is 9.40. The molecule has 4 rings (SSSR count). The first kappa shape index (κ1) is 16.8. The van der Waals surface area contributed by atoms with E-state index in [1.807, 2.05) is 6.92 Å². The van der Waals surface area contributed by atoms with Gasteiger partial charge in [0.15, 0.2) is 0 Å². The smallest absolute Gasteiger partial charge is 0.0619 e. The summed E-state index contributed by atoms with van der Waals surface area (Å²) in [5, 5.41) is 31.5. The van der Waals surface area contributed by atoms with Gasteiger partial charge in [-0.1, -0.05) is 37.1 Å². The minimum atomic E-state index is -0.346. The third-order valence-corrected chi connectivity index (χ3v) is 8.14. The summed E-state index contributed by atoms with van der Waals surface area (Å²) in [4.78, 5) is 0. The minimum absolute atomic E-state index is 0.00575. The van der Waals surface area contributed by atoms with Crippen molar-refractivity contribution < 1.29 is 15.3 Å². The van der Waals surface area contributed by atoms with Crippen LogP contribution in [0.25, 0.3) is 0 Å². The SMILES string of the molecule is C[C@H](O)[C@H]1CC[C@H]2C3=CC=C4C[C@@H](O)CC[C@]4(C)[C@H]3[C@@H](O)C[C@]12C. The van der Waals surface area contributed by atoms with E-state index in [4.69, 9.17) is 0 Å². The molecule has 0 amide bonds. The molecule has 3 heteroatoms. The molecule has 0 unspecified atom stereocenters. The Bertz CT molecular complexity index is 592. The van der Waals surface area contributed by atoms with Crippen LogP contribution in [-0.2, 0) is 0 Å². The average molecular weight is 332 g/mol. The normalized spacial score (nSPS) is 51.8. The topological polar surface area (TPSA) is 60.7 Å². The van der Waals surface area contributed by atoms with Gasteiger partial charge >= 0.3 is 0 Å². The highest BCUT2D eigenvalue weighted by molar-refractivity contribution is 5.40. The van der Waals surface area contributed by atoms with Crippen LogP contribution in [0.1, 0.15) is 59.3 Å². The maximum Gasteiger partial charge on any atom is 0.0619 e. The highest BCUT2D eigenvalue weighted by Gasteiger charge is 2.59. The lowest BCUT2D eigenvalue weighted by atomic mass is 9.49. The Labute approximate surface area is 145 Å². The molecule has 3 N–H and O–H groups in total. The van der Waals surface area contributed by atoms with E-state index < -0.39 is 0 Å². The van der Waals surface area contributed by atoms with E-state index in [2.05, 4.69) is 26.0 Å². The lowest BCUT2D eigenvalue weighted by Gasteiger charge is -2.56. The Morgan fingerprint density at radius 1 is 1.12 bits per heavy atom. The highest BCUT2D eigenvalue weighted by Crippen LogP contribution is 2.65. The summed E-state index contributed by atoms with van der Waals surface area (Å²) in [7, 11) is 0. The van der Waals surface area contributed by atoms with Gasteiger partial charge in [0.1, 0.15) is 0 Å². The monoisotopic (exact) mass is 332 g/mol. The van der Waals surface area contributed by atoms with Crippen LogP contribution in [0.3, 0.4) is 0 Å². The summed E-state index contributed by atoms with van der Waals surface area (Å²) in [5.74, 6) is 0.952. The average Bonchev–Trinajstić information content (AvgIpc) is 2.84. The first-order valence-corrected chi connectivity index (χ1v) is 9.72. The Morgan fingerprint density at radius 3 is 2.58 bits per heavy atom. The van der Waals surface area contributed by atoms with E-state index in [1.165, 1.54) is 11.1 Å². The van der Waals surface area contributed by atoms with E-state index in [0.717, 1.165) is 38.5 Å². The van der Waals surface area contributed by atoms with Crippen LogP contribution in [0, 0.1) is 28.6 Å². The molecule has 0 heterocycles. The van der Waals surface area contributed by atoms with Gasteiger partial charge in [-0.3, -0.25) is 0 Å². The van der Waals surface area contributed by atoms with Crippen molar-refractivity contribution in [2.75, 3.05) is 0 Å². The molecule has 0 bridgehead atoms. The second-order valence-corrected chi connectivity index (χ2v) is 9.40. The van der Waals surface area contributed by atoms with Crippen molar-refractivity contribution in [2.45, 2.75) is 77.6 Å². The van der Waals surface area contributed by atoms with Crippen molar-refractivity contribution >= 4 is 0 Å². The van der Waals surface area contributed by atoms with Crippen LogP contribution in [0.4, 0.5) is 0 Å². The molecule has 0 radical (unpaired) electrons. The zero-order valence-corrected chi connectivity index (χ0v) is 15.2. The molecule has 8 atom stereocenters. The van der Waals surface area contributed by atoms with Gasteiger partial charge in [0, 0.05) is 5.92 Å². The number of hydrogen-bond acceptors (Lipinski definition) is 3. The van der Waals surface area contributed by atoms with Crippen molar-refractivity contribution in [1.82, 2.24) is 0 Å². The maximum absolute atomic E-state index is 11.2. The van der Waals surface area contributed by atoms with Gasteiger partial charge in [-0.05, 0) is 68.1 Å². The maximum atomic E-state index is 11.2. The molecule has 0 saturated heterocycles. The summed E-state index contributed by atoms with van der Waals surface area (Å²) < 4.78 is 0. The molecule has 3 saturated carbocycles. The number of aliphatic hydroxyl groups is 3. The Morgan fingerprint density at radius 2 is 1.88 bits per heavy atom. The fourth-order valence-corrected chi connectivity index (χ4v) is 6.94. The predicted molar refractivity (Wildman–Crippen MR) is 94.2 cm³/mol. The van der Waals surface area contributed by atoms with Gasteiger partial charge in [-0.25, -0.2) is 0 Å². The van der Waals surface area contributed by atoms with Crippen LogP contribution in [0.2, 0.25) is 0 Å². The van der Waals surface area contributed by atoms with Gasteiger partial charge in [-0.15, -0.1) is 0 Å². The molecule has 3 nitrogen and oxygen atoms in total. The van der Waals surface area contributed by atoms with Crippen LogP contribution in [0.5, 0.6) is 0 Å². The minimum Gasteiger partial charge on any atom is -0.393 e. The van der Waals surface area contributed by atoms with E-state index in [-0.39, 0.29) is 41.0 Å². The molecular weight excluding hydrogens is 300 g/mol. The molecule has 4 aliphatic rings. The van der Waals surface area contributed by atoms with Gasteiger partial charge in [0.05, 0.1) is 18.3 Å². The molecule has 4 aliphatic carbocycles. The van der Waals surface area contributed by atoms with Gasteiger partial charge in [0.25, 0.3) is 0 Å². The molecule has 0 aromatic rings. The van der Waals surface area contributed by atoms with Crippen molar-refractivity contribution in [2.24, 2.45) is 28.6 Å². The molecule has 24 heavy (non-hydrogen) atoms. The Kier molecular flexibility index (Phi) is 3.80. The zero-order valence-electron chi connectivity index (χ0n) is 15.2. The van der Waals surface area contributed by atoms with Crippen molar-refractivity contribution in [3.05, 3.63) is 23.3 Å². The van der Waals surface area contributed by atoms with E-state index >= 15 is 0 Å². The van der Waals surface area contributed by atoms with Crippen LogP contribution in [-0.4, -0.2) is 33.6 Å². The summed E-state index contributed by atoms with van der Waals surface area (Å²) in [6.07, 6.45) is 9.15. The van der Waals surface area contributed by atoms with Gasteiger partial charge < -0.3 is 15.3 Å². The van der Waals surface area contributed by atoms with Crippen LogP contribution < -0.4 is 0 Å². The molecule has 0 aliphatic heterocycles. The van der Waals surface area contributed by atoms with Gasteiger partial charge in [-0.2, -0.15) is 0 Å². The first-order chi connectivity index (χ1) is 11.3. The molecule has 0 spiro atoms. The van der Waals surface area contributed by atoms with Crippen LogP contribution >= 0.6 is 0 Å². The largest absolute Gasteiger partial charge is 0.393 e. The molecule has 134 valence electrons. The van der Waals surface area contributed by atoms with Crippen molar-refractivity contribution in [3.63, 3.8) is 0 Å². The fourth-order valence-electron chi connectivity index (χ4n) is 6.94. The number of allylic oxidation sites excluding steroid dienone is 2. The fraction of sp³-hybridized carbons (Fsp3) is 0.810. The quantitative estimate of drug-likeness (QED) is 0.691.